The molecule has 1 fully saturated rings. The Balaban J connectivity index is 1.60. The molecule has 0 N–H and O–H groups in total. The number of hydrogen-bond acceptors (Lipinski definition) is 7. The van der Waals surface area contributed by atoms with Crippen molar-refractivity contribution in [1.29, 1.82) is 0 Å². The van der Waals surface area contributed by atoms with Gasteiger partial charge in [0.1, 0.15) is 12.1 Å². The lowest BCUT2D eigenvalue weighted by Gasteiger charge is -2.24. The maximum atomic E-state index is 13.2. The SMILES string of the molecule is O=S(=O)(c1ccc(-n2cnnn2)cc1)N(Cc1ccco1)CC1CCCO1. The molecule has 1 aliphatic heterocycles. The lowest BCUT2D eigenvalue weighted by atomic mass is 10.2. The van der Waals surface area contributed by atoms with Gasteiger partial charge in [-0.2, -0.15) is 4.31 Å². The second-order valence-corrected chi connectivity index (χ2v) is 8.20. The molecular weight excluding hydrogens is 370 g/mol. The van der Waals surface area contributed by atoms with Gasteiger partial charge in [0.2, 0.25) is 10.0 Å². The fraction of sp³-hybridized carbons (Fsp3) is 0.353. The van der Waals surface area contributed by atoms with Gasteiger partial charge in [-0.1, -0.05) is 0 Å². The van der Waals surface area contributed by atoms with E-state index >= 15 is 0 Å². The fourth-order valence-electron chi connectivity index (χ4n) is 3.04. The molecular formula is C17H19N5O4S. The van der Waals surface area contributed by atoms with Gasteiger partial charge in [-0.3, -0.25) is 0 Å². The maximum absolute atomic E-state index is 13.2. The molecule has 0 radical (unpaired) electrons. The van der Waals surface area contributed by atoms with Gasteiger partial charge >= 0.3 is 0 Å². The molecule has 0 aliphatic carbocycles. The lowest BCUT2D eigenvalue weighted by Crippen LogP contribution is -2.36. The third kappa shape index (κ3) is 3.92. The Kier molecular flexibility index (Phi) is 5.01. The van der Waals surface area contributed by atoms with Crippen LogP contribution in [0, 0.1) is 0 Å². The maximum Gasteiger partial charge on any atom is 0.243 e. The van der Waals surface area contributed by atoms with Gasteiger partial charge in [0, 0.05) is 13.2 Å². The summed E-state index contributed by atoms with van der Waals surface area (Å²) in [6.07, 6.45) is 4.68. The highest BCUT2D eigenvalue weighted by Crippen LogP contribution is 2.23. The quantitative estimate of drug-likeness (QED) is 0.605. The van der Waals surface area contributed by atoms with Crippen molar-refractivity contribution in [3.8, 4) is 5.69 Å². The summed E-state index contributed by atoms with van der Waals surface area (Å²) in [4.78, 5) is 0.198. The summed E-state index contributed by atoms with van der Waals surface area (Å²) in [5, 5.41) is 11.0. The average Bonchev–Trinajstić information content (AvgIpc) is 3.44. The summed E-state index contributed by atoms with van der Waals surface area (Å²) < 4.78 is 40.3. The molecule has 3 aromatic rings. The van der Waals surface area contributed by atoms with E-state index in [0.29, 0.717) is 18.1 Å². The average molecular weight is 389 g/mol. The van der Waals surface area contributed by atoms with Crippen LogP contribution in [-0.4, -0.2) is 52.2 Å². The van der Waals surface area contributed by atoms with Crippen LogP contribution in [0.2, 0.25) is 0 Å². The molecule has 27 heavy (non-hydrogen) atoms. The van der Waals surface area contributed by atoms with Gasteiger partial charge in [0.25, 0.3) is 0 Å². The van der Waals surface area contributed by atoms with Crippen molar-refractivity contribution < 1.29 is 17.6 Å². The van der Waals surface area contributed by atoms with E-state index in [1.807, 2.05) is 0 Å². The minimum atomic E-state index is -3.72. The van der Waals surface area contributed by atoms with Gasteiger partial charge in [0.05, 0.1) is 29.5 Å². The summed E-state index contributed by atoms with van der Waals surface area (Å²) in [6.45, 7) is 1.11. The van der Waals surface area contributed by atoms with Crippen molar-refractivity contribution >= 4 is 10.0 Å². The van der Waals surface area contributed by atoms with Crippen molar-refractivity contribution in [2.24, 2.45) is 0 Å². The van der Waals surface area contributed by atoms with Gasteiger partial charge in [-0.15, -0.1) is 5.10 Å². The van der Waals surface area contributed by atoms with Crippen LogP contribution in [0.3, 0.4) is 0 Å². The highest BCUT2D eigenvalue weighted by atomic mass is 32.2. The minimum Gasteiger partial charge on any atom is -0.468 e. The number of hydrogen-bond donors (Lipinski definition) is 0. The smallest absolute Gasteiger partial charge is 0.243 e. The van der Waals surface area contributed by atoms with Crippen LogP contribution in [0.5, 0.6) is 0 Å². The van der Waals surface area contributed by atoms with Gasteiger partial charge in [-0.05, 0) is 59.7 Å². The molecule has 1 atom stereocenters. The summed E-state index contributed by atoms with van der Waals surface area (Å²) in [5.74, 6) is 0.585. The number of sulfonamides is 1. The summed E-state index contributed by atoms with van der Waals surface area (Å²) >= 11 is 0. The monoisotopic (exact) mass is 389 g/mol. The van der Waals surface area contributed by atoms with Crippen LogP contribution in [0.1, 0.15) is 18.6 Å². The Bertz CT molecular complexity index is 949. The molecule has 0 spiro atoms. The molecule has 9 nitrogen and oxygen atoms in total. The highest BCUT2D eigenvalue weighted by molar-refractivity contribution is 7.89. The largest absolute Gasteiger partial charge is 0.468 e. The first-order valence-corrected chi connectivity index (χ1v) is 10.0. The molecule has 4 rings (SSSR count). The molecule has 2 aromatic heterocycles. The summed E-state index contributed by atoms with van der Waals surface area (Å²) in [7, 11) is -3.72. The standard InChI is InChI=1S/C17H19N5O4S/c23-27(24,17-7-5-14(6-8-17)22-13-18-19-20-22)21(11-15-3-1-9-25-15)12-16-4-2-10-26-16/h1,3,5-9,13,16H,2,4,10-12H2. The molecule has 0 saturated carbocycles. The third-order valence-electron chi connectivity index (χ3n) is 4.43. The molecule has 0 amide bonds. The van der Waals surface area contributed by atoms with Gasteiger partial charge in [-0.25, -0.2) is 13.1 Å². The van der Waals surface area contributed by atoms with Crippen LogP contribution >= 0.6 is 0 Å². The molecule has 1 unspecified atom stereocenters. The zero-order chi connectivity index (χ0) is 18.7. The zero-order valence-corrected chi connectivity index (χ0v) is 15.3. The topological polar surface area (TPSA) is 103 Å². The fourth-order valence-corrected chi connectivity index (χ4v) is 4.48. The van der Waals surface area contributed by atoms with Crippen molar-refractivity contribution in [3.63, 3.8) is 0 Å². The molecule has 1 aliphatic rings. The Hall–Kier alpha value is -2.56. The summed E-state index contributed by atoms with van der Waals surface area (Å²) in [6, 6.07) is 9.95. The molecule has 10 heteroatoms. The number of furan rings is 1. The van der Waals surface area contributed by atoms with E-state index in [1.54, 1.807) is 36.4 Å². The first-order valence-electron chi connectivity index (χ1n) is 8.60. The number of tetrazole rings is 1. The van der Waals surface area contributed by atoms with Crippen molar-refractivity contribution in [1.82, 2.24) is 24.5 Å². The van der Waals surface area contributed by atoms with Crippen LogP contribution in [0.4, 0.5) is 0 Å². The normalized spacial score (nSPS) is 17.6. The first kappa shape index (κ1) is 17.8. The Morgan fingerprint density at radius 1 is 1.22 bits per heavy atom. The lowest BCUT2D eigenvalue weighted by molar-refractivity contribution is 0.0914. The van der Waals surface area contributed by atoms with Crippen molar-refractivity contribution in [2.75, 3.05) is 13.2 Å². The van der Waals surface area contributed by atoms with Gasteiger partial charge < -0.3 is 9.15 Å². The Morgan fingerprint density at radius 2 is 2.07 bits per heavy atom. The number of rotatable bonds is 7. The van der Waals surface area contributed by atoms with E-state index in [2.05, 4.69) is 15.5 Å². The molecule has 1 saturated heterocycles. The van der Waals surface area contributed by atoms with E-state index in [0.717, 1.165) is 12.8 Å². The Labute approximate surface area is 156 Å². The van der Waals surface area contributed by atoms with E-state index < -0.39 is 10.0 Å². The van der Waals surface area contributed by atoms with Crippen LogP contribution in [0.15, 0.2) is 58.3 Å². The van der Waals surface area contributed by atoms with Crippen molar-refractivity contribution in [3.05, 3.63) is 54.7 Å². The first-order chi connectivity index (χ1) is 13.1. The third-order valence-corrected chi connectivity index (χ3v) is 6.26. The second-order valence-electron chi connectivity index (χ2n) is 6.26. The molecule has 3 heterocycles. The van der Waals surface area contributed by atoms with E-state index in [-0.39, 0.29) is 24.1 Å². The van der Waals surface area contributed by atoms with E-state index in [9.17, 15) is 8.42 Å². The number of aromatic nitrogens is 4. The number of ether oxygens (including phenoxy) is 1. The number of nitrogens with zero attached hydrogens (tertiary/aromatic N) is 5. The zero-order valence-electron chi connectivity index (χ0n) is 14.5. The predicted octanol–water partition coefficient (Wildman–Crippen LogP) is 1.63. The molecule has 0 bridgehead atoms. The predicted molar refractivity (Wildman–Crippen MR) is 94.4 cm³/mol. The van der Waals surface area contributed by atoms with Crippen LogP contribution in [-0.2, 0) is 21.3 Å². The number of benzene rings is 1. The highest BCUT2D eigenvalue weighted by Gasteiger charge is 2.30. The summed E-state index contributed by atoms with van der Waals surface area (Å²) in [5.41, 5.74) is 0.677. The second kappa shape index (κ2) is 7.59. The van der Waals surface area contributed by atoms with E-state index in [4.69, 9.17) is 9.15 Å². The van der Waals surface area contributed by atoms with Gasteiger partial charge in [0.15, 0.2) is 0 Å². The van der Waals surface area contributed by atoms with Crippen LogP contribution in [0.25, 0.3) is 5.69 Å². The van der Waals surface area contributed by atoms with Crippen molar-refractivity contribution in [2.45, 2.75) is 30.4 Å². The van der Waals surface area contributed by atoms with Crippen LogP contribution < -0.4 is 0 Å². The molecule has 142 valence electrons. The minimum absolute atomic E-state index is 0.102. The van der Waals surface area contributed by atoms with E-state index in [1.165, 1.54) is 21.6 Å². The Morgan fingerprint density at radius 3 is 2.70 bits per heavy atom. The molecule has 1 aromatic carbocycles.